The zero-order valence-corrected chi connectivity index (χ0v) is 20.7. The third-order valence-corrected chi connectivity index (χ3v) is 6.80. The Hall–Kier alpha value is -2.19. The summed E-state index contributed by atoms with van der Waals surface area (Å²) >= 11 is 6.07. The Morgan fingerprint density at radius 2 is 2.00 bits per heavy atom. The minimum Gasteiger partial charge on any atom is -0.490 e. The maximum absolute atomic E-state index is 13.7. The van der Waals surface area contributed by atoms with Crippen LogP contribution in [0.5, 0.6) is 5.75 Å². The maximum atomic E-state index is 13.7. The van der Waals surface area contributed by atoms with Gasteiger partial charge in [-0.25, -0.2) is 4.39 Å². The molecule has 0 spiro atoms. The molecule has 0 radical (unpaired) electrons. The van der Waals surface area contributed by atoms with E-state index < -0.39 is 17.4 Å². The van der Waals surface area contributed by atoms with Gasteiger partial charge in [0.1, 0.15) is 23.8 Å². The fourth-order valence-electron chi connectivity index (χ4n) is 4.54. The van der Waals surface area contributed by atoms with E-state index in [4.69, 9.17) is 21.4 Å². The summed E-state index contributed by atoms with van der Waals surface area (Å²) in [6.45, 7) is 6.98. The molecule has 3 rings (SSSR count). The zero-order chi connectivity index (χ0) is 24.9. The maximum Gasteiger partial charge on any atom is 0.307 e. The molecule has 34 heavy (non-hydrogen) atoms. The summed E-state index contributed by atoms with van der Waals surface area (Å²) in [5.41, 5.74) is -0.00631. The topological polar surface area (TPSA) is 90.8 Å². The lowest BCUT2D eigenvalue weighted by Gasteiger charge is -2.48. The van der Waals surface area contributed by atoms with Crippen molar-refractivity contribution in [1.29, 1.82) is 0 Å². The number of carboxylic acids is 1. The molecule has 8 heteroatoms. The summed E-state index contributed by atoms with van der Waals surface area (Å²) in [7, 11) is 0. The molecule has 6 nitrogen and oxygen atoms in total. The minimum absolute atomic E-state index is 0.116. The number of benzene rings is 2. The monoisotopic (exact) mass is 492 g/mol. The summed E-state index contributed by atoms with van der Waals surface area (Å²) in [5.74, 6) is -1.15. The third kappa shape index (κ3) is 7.15. The predicted molar refractivity (Wildman–Crippen MR) is 131 cm³/mol. The first-order valence-electron chi connectivity index (χ1n) is 11.6. The number of nitrogens with one attached hydrogen (secondary N) is 2. The molecule has 186 valence electrons. The van der Waals surface area contributed by atoms with Gasteiger partial charge in [-0.2, -0.15) is 0 Å². The molecule has 4 atom stereocenters. The van der Waals surface area contributed by atoms with Crippen LogP contribution in [-0.2, 0) is 17.6 Å². The first-order chi connectivity index (χ1) is 16.0. The van der Waals surface area contributed by atoms with Gasteiger partial charge in [0, 0.05) is 34.8 Å². The quantitative estimate of drug-likeness (QED) is 0.403. The van der Waals surface area contributed by atoms with Crippen LogP contribution in [-0.4, -0.2) is 53.1 Å². The second-order valence-electron chi connectivity index (χ2n) is 9.84. The molecule has 1 heterocycles. The number of hydrogen-bond acceptors (Lipinski definition) is 5. The van der Waals surface area contributed by atoms with Crippen LogP contribution in [0, 0.1) is 11.7 Å². The van der Waals surface area contributed by atoms with Crippen LogP contribution in [0.4, 0.5) is 4.39 Å². The molecular weight excluding hydrogens is 459 g/mol. The molecule has 0 saturated carbocycles. The lowest BCUT2D eigenvalue weighted by molar-refractivity contribution is -0.136. The molecule has 0 amide bonds. The summed E-state index contributed by atoms with van der Waals surface area (Å²) < 4.78 is 19.5. The first kappa shape index (κ1) is 26.4. The van der Waals surface area contributed by atoms with E-state index in [-0.39, 0.29) is 30.9 Å². The fourth-order valence-corrected chi connectivity index (χ4v) is 4.66. The van der Waals surface area contributed by atoms with Crippen LogP contribution < -0.4 is 15.4 Å². The Balaban J connectivity index is 1.72. The number of hydrogen-bond donors (Lipinski definition) is 4. The molecule has 1 saturated heterocycles. The van der Waals surface area contributed by atoms with E-state index in [1.807, 2.05) is 24.3 Å². The number of piperidine rings is 1. The molecule has 1 unspecified atom stereocenters. The van der Waals surface area contributed by atoms with Crippen molar-refractivity contribution in [3.05, 3.63) is 64.4 Å². The lowest BCUT2D eigenvalue weighted by atomic mass is 9.72. The number of carbonyl (C=O) groups is 1. The van der Waals surface area contributed by atoms with Gasteiger partial charge in [0.15, 0.2) is 0 Å². The largest absolute Gasteiger partial charge is 0.490 e. The summed E-state index contributed by atoms with van der Waals surface area (Å²) in [6.07, 6.45) is 1.37. The Kier molecular flexibility index (Phi) is 8.57. The number of rotatable bonds is 10. The SMILES string of the molecule is C[C@H]1C[C@](Cc2ccc(Cl)cc2)(NCC(C)(O)COc2cc(F)ccc2CC(=O)O)[C@@H](C)CN1. The van der Waals surface area contributed by atoms with E-state index in [0.29, 0.717) is 22.5 Å². The normalized spacial score (nSPS) is 24.4. The molecule has 0 aliphatic carbocycles. The Morgan fingerprint density at radius 3 is 2.68 bits per heavy atom. The minimum atomic E-state index is -1.27. The van der Waals surface area contributed by atoms with Crippen LogP contribution in [0.3, 0.4) is 0 Å². The number of β-amino-alcohol motifs (C(OH)–C–C–N with tert-alkyl or cyclic N) is 1. The predicted octanol–water partition coefficient (Wildman–Crippen LogP) is 3.83. The van der Waals surface area contributed by atoms with Gasteiger partial charge in [-0.05, 0) is 62.9 Å². The van der Waals surface area contributed by atoms with Gasteiger partial charge in [0.25, 0.3) is 0 Å². The van der Waals surface area contributed by atoms with Crippen molar-refractivity contribution in [3.8, 4) is 5.75 Å². The van der Waals surface area contributed by atoms with Crippen molar-refractivity contribution in [2.24, 2.45) is 5.92 Å². The van der Waals surface area contributed by atoms with Crippen molar-refractivity contribution in [2.75, 3.05) is 19.7 Å². The Morgan fingerprint density at radius 1 is 1.29 bits per heavy atom. The molecule has 1 aliphatic heterocycles. The highest BCUT2D eigenvalue weighted by molar-refractivity contribution is 6.30. The highest BCUT2D eigenvalue weighted by Gasteiger charge is 2.41. The Bertz CT molecular complexity index is 985. The number of aliphatic carboxylic acids is 1. The molecule has 4 N–H and O–H groups in total. The van der Waals surface area contributed by atoms with Gasteiger partial charge in [0.05, 0.1) is 6.42 Å². The molecule has 0 aromatic heterocycles. The van der Waals surface area contributed by atoms with E-state index in [9.17, 15) is 14.3 Å². The lowest BCUT2D eigenvalue weighted by Crippen LogP contribution is -2.64. The molecular formula is C26H34ClFN2O4. The number of ether oxygens (including phenoxy) is 1. The van der Waals surface area contributed by atoms with Gasteiger partial charge in [-0.15, -0.1) is 0 Å². The van der Waals surface area contributed by atoms with Gasteiger partial charge >= 0.3 is 5.97 Å². The second kappa shape index (κ2) is 11.0. The zero-order valence-electron chi connectivity index (χ0n) is 19.9. The molecule has 2 aromatic carbocycles. The highest BCUT2D eigenvalue weighted by atomic mass is 35.5. The van der Waals surface area contributed by atoms with Gasteiger partial charge in [-0.1, -0.05) is 36.7 Å². The van der Waals surface area contributed by atoms with E-state index in [1.165, 1.54) is 12.1 Å². The van der Waals surface area contributed by atoms with Gasteiger partial charge < -0.3 is 25.6 Å². The van der Waals surface area contributed by atoms with Crippen molar-refractivity contribution in [1.82, 2.24) is 10.6 Å². The summed E-state index contributed by atoms with van der Waals surface area (Å²) in [5, 5.41) is 28.0. The number of aliphatic hydroxyl groups is 1. The smallest absolute Gasteiger partial charge is 0.307 e. The second-order valence-corrected chi connectivity index (χ2v) is 10.3. The first-order valence-corrected chi connectivity index (χ1v) is 11.9. The van der Waals surface area contributed by atoms with Crippen LogP contribution in [0.25, 0.3) is 0 Å². The molecule has 1 aliphatic rings. The van der Waals surface area contributed by atoms with Gasteiger partial charge in [0.2, 0.25) is 0 Å². The average Bonchev–Trinajstić information content (AvgIpc) is 2.77. The van der Waals surface area contributed by atoms with Crippen LogP contribution in [0.2, 0.25) is 5.02 Å². The third-order valence-electron chi connectivity index (χ3n) is 6.55. The van der Waals surface area contributed by atoms with E-state index >= 15 is 0 Å². The van der Waals surface area contributed by atoms with E-state index in [2.05, 4.69) is 24.5 Å². The average molecular weight is 493 g/mol. The number of carboxylic acid groups (broad SMARTS) is 1. The standard InChI is InChI=1S/C26H34ClFN2O4/c1-17-14-29-18(2)12-26(17,13-19-4-7-21(27)8-5-19)30-15-25(3,33)16-34-23-11-22(28)9-6-20(23)10-24(31)32/h4-9,11,17-18,29-30,33H,10,12-16H2,1-3H3,(H,31,32)/t17-,18-,25?,26+/m0/s1. The van der Waals surface area contributed by atoms with Crippen molar-refractivity contribution in [2.45, 2.75) is 57.2 Å². The Labute approximate surface area is 205 Å². The van der Waals surface area contributed by atoms with E-state index in [0.717, 1.165) is 31.0 Å². The van der Waals surface area contributed by atoms with Crippen LogP contribution in [0.1, 0.15) is 38.3 Å². The van der Waals surface area contributed by atoms with Crippen LogP contribution >= 0.6 is 11.6 Å². The summed E-state index contributed by atoms with van der Waals surface area (Å²) in [6, 6.07) is 11.9. The molecule has 1 fully saturated rings. The van der Waals surface area contributed by atoms with E-state index in [1.54, 1.807) is 6.92 Å². The fraction of sp³-hybridized carbons (Fsp3) is 0.500. The van der Waals surface area contributed by atoms with Crippen molar-refractivity contribution < 1.29 is 24.1 Å². The van der Waals surface area contributed by atoms with Crippen LogP contribution in [0.15, 0.2) is 42.5 Å². The number of halogens is 2. The van der Waals surface area contributed by atoms with Crippen molar-refractivity contribution >= 4 is 17.6 Å². The summed E-state index contributed by atoms with van der Waals surface area (Å²) in [4.78, 5) is 11.1. The highest BCUT2D eigenvalue weighted by Crippen LogP contribution is 2.32. The molecule has 0 bridgehead atoms. The van der Waals surface area contributed by atoms with Gasteiger partial charge in [-0.3, -0.25) is 4.79 Å². The van der Waals surface area contributed by atoms with Crippen molar-refractivity contribution in [3.63, 3.8) is 0 Å². The molecule has 2 aromatic rings.